The van der Waals surface area contributed by atoms with Crippen molar-refractivity contribution in [3.8, 4) is 0 Å². The maximum atomic E-state index is 12.5. The molecule has 108 valence electrons. The van der Waals surface area contributed by atoms with Crippen molar-refractivity contribution in [3.05, 3.63) is 28.9 Å². The minimum absolute atomic E-state index is 0.229. The van der Waals surface area contributed by atoms with Gasteiger partial charge in [-0.05, 0) is 12.1 Å². The van der Waals surface area contributed by atoms with Crippen molar-refractivity contribution >= 4 is 11.6 Å². The molecule has 0 bridgehead atoms. The third-order valence-corrected chi connectivity index (χ3v) is 2.33. The molecule has 4 nitrogen and oxygen atoms in total. The number of benzene rings is 1. The summed E-state index contributed by atoms with van der Waals surface area (Å²) in [6, 6.07) is 3.34. The number of nitrogens with zero attached hydrogens (tertiary/aromatic N) is 2. The molecule has 0 aromatic heterocycles. The quantitative estimate of drug-likeness (QED) is 0.781. The molecule has 20 heavy (non-hydrogen) atoms. The smallest absolute Gasteiger partial charge is 0.316 e. The molecule has 1 N–H and O–H groups in total. The van der Waals surface area contributed by atoms with Crippen molar-refractivity contribution in [1.29, 1.82) is 0 Å². The van der Waals surface area contributed by atoms with Crippen LogP contribution in [-0.4, -0.2) is 24.4 Å². The van der Waals surface area contributed by atoms with Crippen LogP contribution < -0.4 is 16.0 Å². The molecule has 0 saturated heterocycles. The maximum Gasteiger partial charge on any atom is 0.471 e. The molecule has 1 heterocycles. The molecule has 0 radical (unpaired) electrons. The summed E-state index contributed by atoms with van der Waals surface area (Å²) in [5.74, 6) is -2.29. The van der Waals surface area contributed by atoms with E-state index in [2.05, 4.69) is 9.98 Å². The number of nitrogens with one attached hydrogen (secondary N) is 1. The highest BCUT2D eigenvalue weighted by atomic mass is 19.4. The van der Waals surface area contributed by atoms with Gasteiger partial charge in [-0.15, -0.1) is 0 Å². The minimum Gasteiger partial charge on any atom is -0.316 e. The first-order chi connectivity index (χ1) is 9.09. The van der Waals surface area contributed by atoms with Crippen molar-refractivity contribution in [2.75, 3.05) is 5.32 Å². The first-order valence-corrected chi connectivity index (χ1v) is 5.08. The largest absolute Gasteiger partial charge is 0.471 e. The van der Waals surface area contributed by atoms with Gasteiger partial charge in [-0.3, -0.25) is 4.79 Å². The zero-order chi connectivity index (χ0) is 15.1. The molecule has 0 aliphatic carbocycles. The number of hydrogen-bond acceptors (Lipinski definition) is 3. The number of carbonyl (C=O) groups excluding carboxylic acids is 1. The Labute approximate surface area is 106 Å². The number of anilines is 1. The number of rotatable bonds is 1. The van der Waals surface area contributed by atoms with E-state index in [0.717, 1.165) is 12.1 Å². The van der Waals surface area contributed by atoms with Gasteiger partial charge < -0.3 is 5.32 Å². The Morgan fingerprint density at radius 2 is 1.75 bits per heavy atom. The van der Waals surface area contributed by atoms with E-state index in [1.54, 1.807) is 0 Å². The Morgan fingerprint density at radius 1 is 1.10 bits per heavy atom. The van der Waals surface area contributed by atoms with Crippen LogP contribution >= 0.6 is 0 Å². The van der Waals surface area contributed by atoms with E-state index < -0.39 is 35.5 Å². The second-order valence-corrected chi connectivity index (χ2v) is 3.80. The number of alkyl halides is 6. The van der Waals surface area contributed by atoms with Crippen LogP contribution in [0.2, 0.25) is 0 Å². The van der Waals surface area contributed by atoms with Gasteiger partial charge >= 0.3 is 18.3 Å². The summed E-state index contributed by atoms with van der Waals surface area (Å²) in [5.41, 5.74) is -0.472. The summed E-state index contributed by atoms with van der Waals surface area (Å²) < 4.78 is 73.7. The predicted molar refractivity (Wildman–Crippen MR) is 53.3 cm³/mol. The van der Waals surface area contributed by atoms with Gasteiger partial charge in [-0.2, -0.15) is 26.3 Å². The van der Waals surface area contributed by atoms with Gasteiger partial charge in [0, 0.05) is 0 Å². The van der Waals surface area contributed by atoms with Crippen LogP contribution in [0.5, 0.6) is 0 Å². The standard InChI is InChI=1S/C10H5F6N3O/c11-9(12,13)7-17-4-2-1-3-5(6(4)19-7)18-8(20)10(14,15)16/h1-3,7H,(H,18,20)/t7-/m0/s1. The van der Waals surface area contributed by atoms with Crippen molar-refractivity contribution < 1.29 is 31.1 Å². The van der Waals surface area contributed by atoms with Crippen LogP contribution in [0, 0.1) is 0 Å². The third-order valence-electron chi connectivity index (χ3n) is 2.33. The van der Waals surface area contributed by atoms with Gasteiger partial charge in [-0.25, -0.2) is 9.98 Å². The summed E-state index contributed by atoms with van der Waals surface area (Å²) >= 11 is 0. The predicted octanol–water partition coefficient (Wildman–Crippen LogP) is 1.33. The lowest BCUT2D eigenvalue weighted by Crippen LogP contribution is -2.34. The monoisotopic (exact) mass is 297 g/mol. The zero-order valence-electron chi connectivity index (χ0n) is 9.38. The highest BCUT2D eigenvalue weighted by Crippen LogP contribution is 2.24. The van der Waals surface area contributed by atoms with Crippen LogP contribution in [-0.2, 0) is 4.79 Å². The van der Waals surface area contributed by atoms with E-state index >= 15 is 0 Å². The Hall–Kier alpha value is -2.13. The van der Waals surface area contributed by atoms with E-state index in [-0.39, 0.29) is 5.36 Å². The van der Waals surface area contributed by atoms with Crippen LogP contribution in [0.1, 0.15) is 0 Å². The van der Waals surface area contributed by atoms with Gasteiger partial charge in [0.25, 0.3) is 0 Å². The molecule has 0 saturated carbocycles. The summed E-state index contributed by atoms with van der Waals surface area (Å²) in [4.78, 5) is 17.2. The summed E-state index contributed by atoms with van der Waals surface area (Å²) in [6.07, 6.45) is -12.3. The second kappa shape index (κ2) is 4.46. The molecule has 10 heteroatoms. The molecule has 1 aliphatic heterocycles. The Morgan fingerprint density at radius 3 is 2.30 bits per heavy atom. The first kappa shape index (κ1) is 14.3. The highest BCUT2D eigenvalue weighted by molar-refractivity contribution is 5.94. The van der Waals surface area contributed by atoms with E-state index in [4.69, 9.17) is 0 Å². The summed E-state index contributed by atoms with van der Waals surface area (Å²) in [5, 5.41) is 0.816. The topological polar surface area (TPSA) is 53.8 Å². The molecular weight excluding hydrogens is 292 g/mol. The molecule has 2 rings (SSSR count). The van der Waals surface area contributed by atoms with E-state index in [1.807, 2.05) is 0 Å². The van der Waals surface area contributed by atoms with Crippen LogP contribution in [0.15, 0.2) is 28.2 Å². The molecule has 1 aromatic rings. The van der Waals surface area contributed by atoms with E-state index in [0.29, 0.717) is 0 Å². The number of para-hydroxylation sites is 1. The Bertz CT molecular complexity index is 663. The molecule has 0 unspecified atom stereocenters. The Balaban J connectivity index is 2.41. The number of fused-ring (bicyclic) bond motifs is 1. The number of hydrogen-bond donors (Lipinski definition) is 1. The first-order valence-electron chi connectivity index (χ1n) is 5.08. The minimum atomic E-state index is -5.15. The molecule has 0 spiro atoms. The van der Waals surface area contributed by atoms with Gasteiger partial charge in [-0.1, -0.05) is 6.07 Å². The number of amides is 1. The van der Waals surface area contributed by atoms with Crippen LogP contribution in [0.4, 0.5) is 32.0 Å². The Kier molecular flexibility index (Phi) is 3.18. The van der Waals surface area contributed by atoms with Gasteiger partial charge in [0.15, 0.2) is 0 Å². The normalized spacial score (nSPS) is 18.0. The molecule has 0 fully saturated rings. The zero-order valence-corrected chi connectivity index (χ0v) is 9.38. The van der Waals surface area contributed by atoms with Gasteiger partial charge in [0.2, 0.25) is 6.17 Å². The van der Waals surface area contributed by atoms with E-state index in [9.17, 15) is 31.1 Å². The SMILES string of the molecule is O=C(Nc1cccc2c1=N[C@@H](C(F)(F)F)N=2)C(F)(F)F. The average molecular weight is 297 g/mol. The fourth-order valence-corrected chi connectivity index (χ4v) is 1.49. The van der Waals surface area contributed by atoms with Gasteiger partial charge in [0.05, 0.1) is 11.0 Å². The lowest BCUT2D eigenvalue weighted by atomic mass is 10.3. The van der Waals surface area contributed by atoms with Crippen LogP contribution in [0.3, 0.4) is 0 Å². The van der Waals surface area contributed by atoms with Crippen molar-refractivity contribution in [2.45, 2.75) is 18.5 Å². The molecule has 1 aliphatic rings. The average Bonchev–Trinajstić information content (AvgIpc) is 2.72. The lowest BCUT2D eigenvalue weighted by molar-refractivity contribution is -0.167. The summed E-state index contributed by atoms with van der Waals surface area (Å²) in [7, 11) is 0. The summed E-state index contributed by atoms with van der Waals surface area (Å²) in [6.45, 7) is 0. The fourth-order valence-electron chi connectivity index (χ4n) is 1.49. The lowest BCUT2D eigenvalue weighted by Gasteiger charge is -2.08. The van der Waals surface area contributed by atoms with Gasteiger partial charge in [0.1, 0.15) is 5.36 Å². The second-order valence-electron chi connectivity index (χ2n) is 3.80. The number of carbonyl (C=O) groups is 1. The van der Waals surface area contributed by atoms with E-state index in [1.165, 1.54) is 11.4 Å². The third kappa shape index (κ3) is 2.73. The van der Waals surface area contributed by atoms with Crippen molar-refractivity contribution in [1.82, 2.24) is 0 Å². The molecule has 1 amide bonds. The maximum absolute atomic E-state index is 12.5. The fraction of sp³-hybridized carbons (Fsp3) is 0.300. The van der Waals surface area contributed by atoms with Crippen molar-refractivity contribution in [3.63, 3.8) is 0 Å². The molecule has 1 atom stereocenters. The van der Waals surface area contributed by atoms with Crippen molar-refractivity contribution in [2.24, 2.45) is 9.98 Å². The number of halogens is 6. The molecule has 1 aromatic carbocycles. The highest BCUT2D eigenvalue weighted by Gasteiger charge is 2.42. The van der Waals surface area contributed by atoms with Crippen LogP contribution in [0.25, 0.3) is 0 Å². The molecular formula is C10H5F6N3O.